The number of aliphatic hydroxyl groups excluding tert-OH is 16. The Morgan fingerprint density at radius 3 is 1.74 bits per heavy atom. The molecule has 0 aromatic rings. The van der Waals surface area contributed by atoms with Crippen molar-refractivity contribution < 1.29 is 129 Å². The summed E-state index contributed by atoms with van der Waals surface area (Å²) in [5.41, 5.74) is -1.67. The maximum absolute atomic E-state index is 12.9. The first-order valence-electron chi connectivity index (χ1n) is 30.2. The number of fused-ring (bicyclic) bond motifs is 5. The van der Waals surface area contributed by atoms with Crippen molar-refractivity contribution in [2.75, 3.05) is 33.0 Å². The summed E-state index contributed by atoms with van der Waals surface area (Å²) >= 11 is 0. The van der Waals surface area contributed by atoms with Crippen LogP contribution in [0.3, 0.4) is 0 Å². The molecule has 5 aliphatic heterocycles. The highest BCUT2D eigenvalue weighted by molar-refractivity contribution is 5.21. The van der Waals surface area contributed by atoms with E-state index in [9.17, 15) is 81.7 Å². The second kappa shape index (κ2) is 25.8. The van der Waals surface area contributed by atoms with Gasteiger partial charge in [0.2, 0.25) is 0 Å². The molecule has 33 atom stereocenters. The molecule has 486 valence electrons. The highest BCUT2D eigenvalue weighted by Gasteiger charge is 2.72. The van der Waals surface area contributed by atoms with Crippen molar-refractivity contribution in [1.29, 1.82) is 0 Å². The van der Waals surface area contributed by atoms with Crippen LogP contribution in [-0.2, 0) is 47.4 Å². The van der Waals surface area contributed by atoms with Gasteiger partial charge >= 0.3 is 0 Å². The smallest absolute Gasteiger partial charge is 0.189 e. The zero-order chi connectivity index (χ0) is 61.5. The van der Waals surface area contributed by atoms with Gasteiger partial charge < -0.3 is 129 Å². The molecule has 0 aromatic carbocycles. The summed E-state index contributed by atoms with van der Waals surface area (Å²) in [5, 5.41) is 174. The fourth-order valence-corrected chi connectivity index (χ4v) is 17.1. The minimum Gasteiger partial charge on any atom is -0.394 e. The number of rotatable bonds is 17. The van der Waals surface area contributed by atoms with E-state index in [0.717, 1.165) is 24.8 Å². The molecule has 0 spiro atoms. The summed E-state index contributed by atoms with van der Waals surface area (Å²) in [6.07, 6.45) is -29.8. The number of aliphatic hydroxyl groups is 16. The molecule has 16 N–H and O–H groups in total. The van der Waals surface area contributed by atoms with Gasteiger partial charge in [0.1, 0.15) is 110 Å². The summed E-state index contributed by atoms with van der Waals surface area (Å²) in [6, 6.07) is 0. The van der Waals surface area contributed by atoms with Crippen molar-refractivity contribution in [3.05, 3.63) is 11.6 Å². The van der Waals surface area contributed by atoms with Gasteiger partial charge in [-0.25, -0.2) is 0 Å². The van der Waals surface area contributed by atoms with E-state index in [4.69, 9.17) is 47.4 Å². The molecule has 0 amide bonds. The van der Waals surface area contributed by atoms with Gasteiger partial charge in [0, 0.05) is 0 Å². The van der Waals surface area contributed by atoms with E-state index in [1.165, 1.54) is 0 Å². The lowest BCUT2D eigenvalue weighted by Crippen LogP contribution is -2.68. The SMILES string of the molecule is CC(C)=CCC[C@](C)(O[C@H]1O[C@@H](CO[C@H]2CO[C@H](O[C@H]3OC[C@@H](O)[C@H](O)[C@@H]3O)[C@@H](O)[C@H]2O)[C@H](O)[C@@H](O)[C@@H]1O)[C@@H]1CC[C@@]2(C)C1[C@@H](O)C[C@@H]1[C@]2(C)CCC2C(C)(C)[C@H](O[C@H]3O[C@@H](CO)[C@H](O)[C@@H](O)[C@@H]3O[C@H]3O[C@@H](CO)[C@H](O)[C@@H](O)[C@@H]3O)CC[C@]21C. The van der Waals surface area contributed by atoms with Gasteiger partial charge in [-0.15, -0.1) is 0 Å². The number of allylic oxidation sites excluding steroid dienone is 2. The lowest BCUT2D eigenvalue weighted by Gasteiger charge is -2.71. The molecule has 0 aromatic heterocycles. The van der Waals surface area contributed by atoms with E-state index in [1.54, 1.807) is 0 Å². The molecule has 5 heterocycles. The molecule has 0 radical (unpaired) electrons. The van der Waals surface area contributed by atoms with Crippen LogP contribution in [-0.4, -0.2) is 274 Å². The minimum absolute atomic E-state index is 0.0251. The van der Waals surface area contributed by atoms with Gasteiger partial charge in [0.25, 0.3) is 0 Å². The highest BCUT2D eigenvalue weighted by Crippen LogP contribution is 2.76. The standard InChI is InChI=1S/C58H98O26/c1-24(2)10-9-14-58(8,84-52-47(74)42(69)40(67)31(80-52)23-75-30-22-77-50(45(72)39(30)66)83-49-44(71)36(63)27(62)21-76-49)25-11-16-57(7)35(25)26(61)18-33-55(5)15-13-34(54(3,4)32(55)12-17-56(33,57)6)81-53-48(43(70)38(65)29(20-60)79-53)82-51-46(73)41(68)37(64)28(19-59)78-51/h10,25-53,59-74H,9,11-23H2,1-8H3/t25-,26+,27-,28+,29+,30+,31+,32?,33+,34-,35?,36+,37+,38+,39+,40+,41-,42-,43-,44+,45+,46+,47+,48+,49-,50-,51-,52-,53-,55-,56+,57+,58+/m1/s1. The number of hydrogen-bond acceptors (Lipinski definition) is 26. The fraction of sp³-hybridized carbons (Fsp3) is 0.966. The Bertz CT molecular complexity index is 2210. The first-order valence-corrected chi connectivity index (χ1v) is 30.2. The Morgan fingerprint density at radius 1 is 0.536 bits per heavy atom. The molecular formula is C58H98O26. The maximum atomic E-state index is 12.9. The summed E-state index contributed by atoms with van der Waals surface area (Å²) < 4.78 is 60.2. The third-order valence-corrected chi connectivity index (χ3v) is 22.3. The first-order chi connectivity index (χ1) is 39.4. The molecule has 0 bridgehead atoms. The summed E-state index contributed by atoms with van der Waals surface area (Å²) in [4.78, 5) is 0. The van der Waals surface area contributed by atoms with Gasteiger partial charge in [-0.3, -0.25) is 0 Å². The van der Waals surface area contributed by atoms with Crippen LogP contribution in [0.4, 0.5) is 0 Å². The van der Waals surface area contributed by atoms with Gasteiger partial charge in [0.05, 0.1) is 50.8 Å². The van der Waals surface area contributed by atoms with Gasteiger partial charge in [-0.2, -0.15) is 0 Å². The van der Waals surface area contributed by atoms with Crippen molar-refractivity contribution in [2.24, 2.45) is 45.3 Å². The van der Waals surface area contributed by atoms with Crippen LogP contribution in [0.15, 0.2) is 11.6 Å². The Morgan fingerprint density at radius 2 is 1.10 bits per heavy atom. The van der Waals surface area contributed by atoms with Crippen molar-refractivity contribution in [3.63, 3.8) is 0 Å². The lowest BCUT2D eigenvalue weighted by molar-refractivity contribution is -0.378. The average molecular weight is 1210 g/mol. The molecule has 26 heteroatoms. The van der Waals surface area contributed by atoms with E-state index < -0.39 is 190 Å². The zero-order valence-corrected chi connectivity index (χ0v) is 49.5. The van der Waals surface area contributed by atoms with E-state index >= 15 is 0 Å². The minimum atomic E-state index is -1.82. The van der Waals surface area contributed by atoms with E-state index in [-0.39, 0.29) is 47.7 Å². The molecule has 4 saturated carbocycles. The van der Waals surface area contributed by atoms with Crippen LogP contribution >= 0.6 is 0 Å². The number of ether oxygens (including phenoxy) is 10. The summed E-state index contributed by atoms with van der Waals surface area (Å²) in [6.45, 7) is 14.6. The van der Waals surface area contributed by atoms with E-state index in [1.807, 2.05) is 20.8 Å². The van der Waals surface area contributed by atoms with E-state index in [0.29, 0.717) is 38.5 Å². The van der Waals surface area contributed by atoms with Crippen LogP contribution < -0.4 is 0 Å². The Labute approximate surface area is 490 Å². The monoisotopic (exact) mass is 1210 g/mol. The van der Waals surface area contributed by atoms with Gasteiger partial charge in [0.15, 0.2) is 31.5 Å². The average Bonchev–Trinajstić information content (AvgIpc) is 1.29. The first kappa shape index (κ1) is 67.1. The lowest BCUT2D eigenvalue weighted by atomic mass is 9.35. The Balaban J connectivity index is 0.895. The number of hydrogen-bond donors (Lipinski definition) is 16. The van der Waals surface area contributed by atoms with Crippen LogP contribution in [0.25, 0.3) is 0 Å². The van der Waals surface area contributed by atoms with Crippen LogP contribution in [0, 0.1) is 45.3 Å². The largest absolute Gasteiger partial charge is 0.394 e. The molecule has 26 nitrogen and oxygen atoms in total. The molecule has 9 rings (SSSR count). The third-order valence-electron chi connectivity index (χ3n) is 22.3. The van der Waals surface area contributed by atoms with Crippen molar-refractivity contribution >= 4 is 0 Å². The van der Waals surface area contributed by atoms with E-state index in [2.05, 4.69) is 40.7 Å². The van der Waals surface area contributed by atoms with Gasteiger partial charge in [-0.05, 0) is 124 Å². The third kappa shape index (κ3) is 12.0. The van der Waals surface area contributed by atoms with Crippen LogP contribution in [0.1, 0.15) is 113 Å². The quantitative estimate of drug-likeness (QED) is 0.0507. The molecule has 9 aliphatic rings. The molecule has 5 saturated heterocycles. The molecular weight excluding hydrogens is 1110 g/mol. The second-order valence-electron chi connectivity index (χ2n) is 27.7. The highest BCUT2D eigenvalue weighted by atomic mass is 16.8. The summed E-state index contributed by atoms with van der Waals surface area (Å²) in [5.74, 6) is -0.525. The Hall–Kier alpha value is -1.30. The van der Waals surface area contributed by atoms with Crippen molar-refractivity contribution in [3.8, 4) is 0 Å². The topological polar surface area (TPSA) is 416 Å². The predicted octanol–water partition coefficient (Wildman–Crippen LogP) is -3.10. The normalized spacial score (nSPS) is 53.0. The molecule has 4 aliphatic carbocycles. The molecule has 84 heavy (non-hydrogen) atoms. The van der Waals surface area contributed by atoms with Crippen molar-refractivity contribution in [1.82, 2.24) is 0 Å². The Kier molecular flexibility index (Phi) is 20.6. The van der Waals surface area contributed by atoms with Gasteiger partial charge in [-0.1, -0.05) is 46.3 Å². The molecule has 9 fully saturated rings. The molecule has 2 unspecified atom stereocenters. The zero-order valence-electron chi connectivity index (χ0n) is 49.5. The second-order valence-corrected chi connectivity index (χ2v) is 27.7. The maximum Gasteiger partial charge on any atom is 0.189 e. The summed E-state index contributed by atoms with van der Waals surface area (Å²) in [7, 11) is 0. The van der Waals surface area contributed by atoms with Crippen molar-refractivity contribution in [2.45, 2.75) is 272 Å². The van der Waals surface area contributed by atoms with Crippen LogP contribution in [0.2, 0.25) is 0 Å². The fourth-order valence-electron chi connectivity index (χ4n) is 17.1. The predicted molar refractivity (Wildman–Crippen MR) is 287 cm³/mol. The van der Waals surface area contributed by atoms with Crippen LogP contribution in [0.5, 0.6) is 0 Å².